The molecule has 7 nitrogen and oxygen atoms in total. The second-order valence-electron chi connectivity index (χ2n) is 6.11. The smallest absolute Gasteiger partial charge is 0.256 e. The van der Waals surface area contributed by atoms with Gasteiger partial charge in [0.25, 0.3) is 5.91 Å². The fraction of sp³-hybridized carbons (Fsp3) is 0.100. The predicted octanol–water partition coefficient (Wildman–Crippen LogP) is 4.76. The Balaban J connectivity index is 1.49. The molecule has 1 N–H and O–H groups in total. The largest absolute Gasteiger partial charge is 0.338 e. The highest BCUT2D eigenvalue weighted by Gasteiger charge is 2.14. The van der Waals surface area contributed by atoms with Crippen LogP contribution in [0, 0.1) is 6.92 Å². The van der Waals surface area contributed by atoms with Crippen molar-refractivity contribution in [1.82, 2.24) is 19.7 Å². The summed E-state index contributed by atoms with van der Waals surface area (Å²) < 4.78 is 6.94. The highest BCUT2D eigenvalue weighted by Crippen LogP contribution is 2.28. The molecular weight excluding hydrogens is 410 g/mol. The molecule has 0 aliphatic rings. The number of rotatable bonds is 6. The van der Waals surface area contributed by atoms with E-state index in [1.54, 1.807) is 48.4 Å². The summed E-state index contributed by atoms with van der Waals surface area (Å²) in [5, 5.41) is 7.19. The van der Waals surface area contributed by atoms with Gasteiger partial charge in [-0.1, -0.05) is 28.9 Å². The van der Waals surface area contributed by atoms with E-state index in [-0.39, 0.29) is 5.91 Å². The summed E-state index contributed by atoms with van der Waals surface area (Å²) in [5.41, 5.74) is 1.95. The molecule has 29 heavy (non-hydrogen) atoms. The number of benzene rings is 2. The van der Waals surface area contributed by atoms with Gasteiger partial charge in [0.2, 0.25) is 5.89 Å². The summed E-state index contributed by atoms with van der Waals surface area (Å²) in [7, 11) is 0. The van der Waals surface area contributed by atoms with Crippen LogP contribution in [0.4, 0.5) is 5.69 Å². The first-order valence-corrected chi connectivity index (χ1v) is 10.1. The monoisotopic (exact) mass is 425 g/mol. The van der Waals surface area contributed by atoms with Crippen LogP contribution in [-0.2, 0) is 5.75 Å². The van der Waals surface area contributed by atoms with Crippen LogP contribution in [0.2, 0.25) is 5.02 Å². The zero-order valence-electron chi connectivity index (χ0n) is 15.4. The molecule has 0 aliphatic carbocycles. The molecule has 4 rings (SSSR count). The van der Waals surface area contributed by atoms with Crippen molar-refractivity contribution < 1.29 is 9.32 Å². The van der Waals surface area contributed by atoms with Gasteiger partial charge in [0, 0.05) is 23.0 Å². The van der Waals surface area contributed by atoms with Gasteiger partial charge in [-0.2, -0.15) is 4.98 Å². The molecule has 2 aromatic carbocycles. The van der Waals surface area contributed by atoms with Crippen molar-refractivity contribution in [3.05, 3.63) is 83.5 Å². The third kappa shape index (κ3) is 4.49. The summed E-state index contributed by atoms with van der Waals surface area (Å²) in [6, 6.07) is 12.7. The van der Waals surface area contributed by atoms with Crippen LogP contribution in [0.3, 0.4) is 0 Å². The van der Waals surface area contributed by atoms with E-state index < -0.39 is 0 Å². The highest BCUT2D eigenvalue weighted by molar-refractivity contribution is 7.98. The van der Waals surface area contributed by atoms with Gasteiger partial charge >= 0.3 is 0 Å². The van der Waals surface area contributed by atoms with Crippen molar-refractivity contribution in [3.63, 3.8) is 0 Å². The number of carbonyl (C=O) groups excluding carboxylic acids is 1. The molecule has 0 radical (unpaired) electrons. The Labute approximate surface area is 176 Å². The lowest BCUT2D eigenvalue weighted by Crippen LogP contribution is -2.13. The first kappa shape index (κ1) is 19.2. The molecule has 0 bridgehead atoms. The second-order valence-corrected chi connectivity index (χ2v) is 7.53. The molecule has 4 aromatic rings. The standard InChI is InChI=1S/C20H16ClN5O2S/c1-13-23-19(28-25-13)11-29-18-5-3-2-4-15(18)20(27)24-14-6-7-17(16(21)10-14)26-9-8-22-12-26/h2-10,12H,11H2,1H3,(H,24,27). The first-order chi connectivity index (χ1) is 14.1. The van der Waals surface area contributed by atoms with Crippen LogP contribution >= 0.6 is 23.4 Å². The summed E-state index contributed by atoms with van der Waals surface area (Å²) in [5.74, 6) is 1.37. The maximum Gasteiger partial charge on any atom is 0.256 e. The van der Waals surface area contributed by atoms with Gasteiger partial charge in [-0.25, -0.2) is 4.98 Å². The Morgan fingerprint density at radius 1 is 1.28 bits per heavy atom. The van der Waals surface area contributed by atoms with Crippen molar-refractivity contribution >= 4 is 35.0 Å². The molecule has 0 atom stereocenters. The van der Waals surface area contributed by atoms with Gasteiger partial charge in [0.15, 0.2) is 5.82 Å². The summed E-state index contributed by atoms with van der Waals surface area (Å²) in [6.07, 6.45) is 5.14. The number of halogens is 1. The quantitative estimate of drug-likeness (QED) is 0.448. The Bertz CT molecular complexity index is 1140. The average molecular weight is 426 g/mol. The number of aromatic nitrogens is 4. The van der Waals surface area contributed by atoms with Crippen LogP contribution in [0.15, 0.2) is 70.6 Å². The van der Waals surface area contributed by atoms with E-state index in [1.807, 2.05) is 24.3 Å². The van der Waals surface area contributed by atoms with Crippen molar-refractivity contribution in [2.45, 2.75) is 17.6 Å². The zero-order valence-corrected chi connectivity index (χ0v) is 16.9. The molecule has 2 heterocycles. The molecule has 0 saturated carbocycles. The predicted molar refractivity (Wildman–Crippen MR) is 112 cm³/mol. The number of nitrogens with zero attached hydrogens (tertiary/aromatic N) is 4. The van der Waals surface area contributed by atoms with Gasteiger partial charge in [0.05, 0.1) is 28.4 Å². The molecule has 0 fully saturated rings. The van der Waals surface area contributed by atoms with Crippen LogP contribution in [0.5, 0.6) is 0 Å². The number of amides is 1. The van der Waals surface area contributed by atoms with Crippen LogP contribution in [0.1, 0.15) is 22.1 Å². The van der Waals surface area contributed by atoms with Crippen LogP contribution in [-0.4, -0.2) is 25.6 Å². The fourth-order valence-electron chi connectivity index (χ4n) is 2.71. The summed E-state index contributed by atoms with van der Waals surface area (Å²) in [4.78, 5) is 21.9. The lowest BCUT2D eigenvalue weighted by atomic mass is 10.2. The molecule has 146 valence electrons. The minimum atomic E-state index is -0.221. The summed E-state index contributed by atoms with van der Waals surface area (Å²) >= 11 is 7.84. The van der Waals surface area contributed by atoms with Gasteiger partial charge in [-0.3, -0.25) is 4.79 Å². The molecule has 9 heteroatoms. The van der Waals surface area contributed by atoms with Crippen molar-refractivity contribution in [1.29, 1.82) is 0 Å². The van der Waals surface area contributed by atoms with Gasteiger partial charge in [0.1, 0.15) is 0 Å². The van der Waals surface area contributed by atoms with E-state index >= 15 is 0 Å². The van der Waals surface area contributed by atoms with Gasteiger partial charge < -0.3 is 14.4 Å². The third-order valence-corrected chi connectivity index (χ3v) is 5.40. The van der Waals surface area contributed by atoms with E-state index in [4.69, 9.17) is 16.1 Å². The minimum absolute atomic E-state index is 0.221. The fourth-order valence-corrected chi connectivity index (χ4v) is 3.88. The molecule has 0 saturated heterocycles. The second kappa shape index (κ2) is 8.50. The van der Waals surface area contributed by atoms with Gasteiger partial charge in [-0.15, -0.1) is 11.8 Å². The summed E-state index contributed by atoms with van der Waals surface area (Å²) in [6.45, 7) is 1.77. The number of imidazole rings is 1. The molecule has 0 aliphatic heterocycles. The van der Waals surface area contributed by atoms with E-state index in [0.29, 0.717) is 33.7 Å². The van der Waals surface area contributed by atoms with E-state index in [2.05, 4.69) is 20.4 Å². The number of aryl methyl sites for hydroxylation is 1. The SMILES string of the molecule is Cc1noc(CSc2ccccc2C(=O)Nc2ccc(-n3ccnc3)c(Cl)c2)n1. The normalized spacial score (nSPS) is 10.8. The van der Waals surface area contributed by atoms with Crippen LogP contribution in [0.25, 0.3) is 5.69 Å². The molecule has 0 spiro atoms. The molecule has 0 unspecified atom stereocenters. The van der Waals surface area contributed by atoms with E-state index in [9.17, 15) is 4.79 Å². The highest BCUT2D eigenvalue weighted by atomic mass is 35.5. The van der Waals surface area contributed by atoms with Crippen molar-refractivity contribution in [3.8, 4) is 5.69 Å². The number of thioether (sulfide) groups is 1. The molecular formula is C20H16ClN5O2S. The number of carbonyl (C=O) groups is 1. The third-order valence-electron chi connectivity index (χ3n) is 4.04. The minimum Gasteiger partial charge on any atom is -0.338 e. The Morgan fingerprint density at radius 3 is 2.86 bits per heavy atom. The van der Waals surface area contributed by atoms with E-state index in [0.717, 1.165) is 10.6 Å². The maximum absolute atomic E-state index is 12.8. The number of hydrogen-bond acceptors (Lipinski definition) is 6. The topological polar surface area (TPSA) is 85.8 Å². The average Bonchev–Trinajstić information content (AvgIpc) is 3.38. The van der Waals surface area contributed by atoms with E-state index in [1.165, 1.54) is 11.8 Å². The zero-order chi connectivity index (χ0) is 20.2. The number of anilines is 1. The van der Waals surface area contributed by atoms with Crippen molar-refractivity contribution in [2.24, 2.45) is 0 Å². The lowest BCUT2D eigenvalue weighted by Gasteiger charge is -2.11. The van der Waals surface area contributed by atoms with Crippen molar-refractivity contribution in [2.75, 3.05) is 5.32 Å². The Morgan fingerprint density at radius 2 is 2.14 bits per heavy atom. The van der Waals surface area contributed by atoms with Crippen LogP contribution < -0.4 is 5.32 Å². The number of nitrogens with one attached hydrogen (secondary N) is 1. The van der Waals surface area contributed by atoms with Gasteiger partial charge in [-0.05, 0) is 37.3 Å². The Hall–Kier alpha value is -3.10. The first-order valence-electron chi connectivity index (χ1n) is 8.70. The molecule has 1 amide bonds. The molecule has 2 aromatic heterocycles. The Kier molecular flexibility index (Phi) is 5.64. The number of hydrogen-bond donors (Lipinski definition) is 1. The maximum atomic E-state index is 12.8. The lowest BCUT2D eigenvalue weighted by molar-refractivity contribution is 0.102.